The second-order valence-electron chi connectivity index (χ2n) is 17.5. The van der Waals surface area contributed by atoms with Crippen LogP contribution in [0.2, 0.25) is 0 Å². The van der Waals surface area contributed by atoms with Crippen LogP contribution in [0.1, 0.15) is 107 Å². The van der Waals surface area contributed by atoms with Gasteiger partial charge in [-0.25, -0.2) is 22.4 Å². The molecule has 8 heterocycles. The first-order chi connectivity index (χ1) is 30.3. The summed E-state index contributed by atoms with van der Waals surface area (Å²) < 4.78 is 56.1. The highest BCUT2D eigenvalue weighted by molar-refractivity contribution is 7.90. The third-order valence-electron chi connectivity index (χ3n) is 13.7. The van der Waals surface area contributed by atoms with Gasteiger partial charge >= 0.3 is 0 Å². The molecule has 1 N–H and O–H groups in total. The van der Waals surface area contributed by atoms with Crippen molar-refractivity contribution in [3.63, 3.8) is 0 Å². The molecule has 6 aromatic heterocycles. The molecule has 328 valence electrons. The van der Waals surface area contributed by atoms with Crippen molar-refractivity contribution >= 4 is 43.6 Å². The fourth-order valence-electron chi connectivity index (χ4n) is 10.4. The summed E-state index contributed by atoms with van der Waals surface area (Å²) in [6.45, 7) is 9.58. The second-order valence-corrected chi connectivity index (χ2v) is 19.3. The van der Waals surface area contributed by atoms with E-state index in [1.165, 1.54) is 3.97 Å². The van der Waals surface area contributed by atoms with Crippen LogP contribution in [0.5, 0.6) is 0 Å². The van der Waals surface area contributed by atoms with Crippen LogP contribution in [0, 0.1) is 18.8 Å². The number of ether oxygens (including phenoxy) is 4. The number of nitrogens with one attached hydrogen (secondary N) is 1. The number of aryl methyl sites for hydroxylation is 1. The van der Waals surface area contributed by atoms with Gasteiger partial charge in [0, 0.05) is 50.7 Å². The number of H-pyrrole nitrogens is 1. The highest BCUT2D eigenvalue weighted by Crippen LogP contribution is 2.45. The van der Waals surface area contributed by atoms with Crippen LogP contribution < -0.4 is 0 Å². The lowest BCUT2D eigenvalue weighted by atomic mass is 9.93. The Hall–Kier alpha value is -4.81. The van der Waals surface area contributed by atoms with E-state index in [9.17, 15) is 8.42 Å². The summed E-state index contributed by atoms with van der Waals surface area (Å²) in [5.74, 6) is 3.46. The number of hydrogen-bond acceptors (Lipinski definition) is 12. The highest BCUT2D eigenvalue weighted by Gasteiger charge is 2.40. The highest BCUT2D eigenvalue weighted by atomic mass is 32.2. The van der Waals surface area contributed by atoms with Gasteiger partial charge in [0.2, 0.25) is 0 Å². The molecule has 4 fully saturated rings. The van der Waals surface area contributed by atoms with E-state index >= 15 is 0 Å². The Balaban J connectivity index is 0.000000156. The van der Waals surface area contributed by atoms with E-state index in [1.54, 1.807) is 48.9 Å². The summed E-state index contributed by atoms with van der Waals surface area (Å²) in [5.41, 5.74) is 5.41. The zero-order chi connectivity index (χ0) is 42.4. The molecule has 0 amide bonds. The molecule has 4 aliphatic rings. The fourth-order valence-corrected chi connectivity index (χ4v) is 11.7. The predicted molar refractivity (Wildman–Crippen MR) is 232 cm³/mol. The first kappa shape index (κ1) is 41.2. The molecule has 2 saturated heterocycles. The molecule has 11 rings (SSSR count). The van der Waals surface area contributed by atoms with Gasteiger partial charge in [-0.2, -0.15) is 0 Å². The average molecular weight is 865 g/mol. The number of aromatic amines is 1. The normalized spacial score (nSPS) is 25.3. The van der Waals surface area contributed by atoms with Crippen molar-refractivity contribution in [3.8, 4) is 0 Å². The van der Waals surface area contributed by atoms with E-state index in [1.807, 2.05) is 23.6 Å². The van der Waals surface area contributed by atoms with Crippen molar-refractivity contribution in [3.05, 3.63) is 78.4 Å². The van der Waals surface area contributed by atoms with Crippen molar-refractivity contribution in [2.45, 2.75) is 126 Å². The van der Waals surface area contributed by atoms with Gasteiger partial charge in [0.05, 0.1) is 52.7 Å². The number of nitrogens with zero attached hydrogens (tertiary/aromatic N) is 9. The first-order valence-corrected chi connectivity index (χ1v) is 23.9. The van der Waals surface area contributed by atoms with E-state index in [0.29, 0.717) is 46.8 Å². The van der Waals surface area contributed by atoms with Gasteiger partial charge < -0.3 is 23.9 Å². The van der Waals surface area contributed by atoms with Crippen LogP contribution in [0.4, 0.5) is 0 Å². The Bertz CT molecular complexity index is 2750. The smallest absolute Gasteiger partial charge is 0.269 e. The van der Waals surface area contributed by atoms with Crippen LogP contribution in [0.25, 0.3) is 33.6 Å². The molecule has 0 spiro atoms. The Morgan fingerprint density at radius 3 is 1.79 bits per heavy atom. The molecule has 16 nitrogen and oxygen atoms in total. The topological polar surface area (TPSA) is 178 Å². The lowest BCUT2D eigenvalue weighted by Crippen LogP contribution is -2.27. The minimum atomic E-state index is -3.79. The molecule has 2 aliphatic carbocycles. The summed E-state index contributed by atoms with van der Waals surface area (Å²) in [7, 11) is -3.79. The van der Waals surface area contributed by atoms with E-state index in [-0.39, 0.29) is 23.0 Å². The number of aromatic nitrogens is 10. The first-order valence-electron chi connectivity index (χ1n) is 22.5. The molecule has 62 heavy (non-hydrogen) atoms. The van der Waals surface area contributed by atoms with Crippen LogP contribution in [0.15, 0.2) is 66.1 Å². The molecule has 0 bridgehead atoms. The minimum Gasteiger partial charge on any atom is -0.381 e. The molecular weight excluding hydrogens is 809 g/mol. The van der Waals surface area contributed by atoms with Gasteiger partial charge in [-0.05, 0) is 94.4 Å². The average Bonchev–Trinajstić information content (AvgIpc) is 4.15. The largest absolute Gasteiger partial charge is 0.381 e. The Kier molecular flexibility index (Phi) is 11.6. The summed E-state index contributed by atoms with van der Waals surface area (Å²) >= 11 is 0. The fraction of sp³-hybridized carbons (Fsp3) is 0.556. The van der Waals surface area contributed by atoms with Crippen molar-refractivity contribution in [2.75, 3.05) is 26.4 Å². The molecule has 6 atom stereocenters. The van der Waals surface area contributed by atoms with Crippen molar-refractivity contribution in [1.29, 1.82) is 0 Å². The van der Waals surface area contributed by atoms with E-state index in [2.05, 4.69) is 53.6 Å². The Labute approximate surface area is 360 Å². The molecule has 2 saturated carbocycles. The summed E-state index contributed by atoms with van der Waals surface area (Å²) in [5, 5.41) is 17.9. The van der Waals surface area contributed by atoms with Crippen molar-refractivity contribution in [1.82, 2.24) is 48.1 Å². The van der Waals surface area contributed by atoms with Gasteiger partial charge in [-0.15, -0.1) is 20.4 Å². The number of fused-ring (bicyclic) bond motifs is 6. The quantitative estimate of drug-likeness (QED) is 0.147. The van der Waals surface area contributed by atoms with Crippen LogP contribution in [-0.2, 0) is 29.0 Å². The lowest BCUT2D eigenvalue weighted by Gasteiger charge is -2.25. The lowest BCUT2D eigenvalue weighted by molar-refractivity contribution is -0.0671. The molecule has 3 unspecified atom stereocenters. The second kappa shape index (κ2) is 17.4. The number of benzene rings is 1. The molecule has 1 aromatic carbocycles. The maximum absolute atomic E-state index is 13.4. The maximum Gasteiger partial charge on any atom is 0.269 e. The molecule has 7 aromatic rings. The molecule has 0 radical (unpaired) electrons. The van der Waals surface area contributed by atoms with Gasteiger partial charge in [0.25, 0.3) is 10.0 Å². The van der Waals surface area contributed by atoms with Gasteiger partial charge in [0.1, 0.15) is 11.6 Å². The summed E-state index contributed by atoms with van der Waals surface area (Å²) in [4.78, 5) is 12.3. The Morgan fingerprint density at radius 1 is 0.677 bits per heavy atom. The number of hydrogen-bond donors (Lipinski definition) is 1. The molecule has 2 aliphatic heterocycles. The third kappa shape index (κ3) is 7.80. The van der Waals surface area contributed by atoms with E-state index < -0.39 is 10.0 Å². The van der Waals surface area contributed by atoms with Crippen molar-refractivity contribution < 1.29 is 27.4 Å². The third-order valence-corrected chi connectivity index (χ3v) is 15.4. The SMILES string of the molecule is CCC1CC(OC2CCOCC2)CC1c1nnc2cnc3c(ccn3S(=O)(=O)c3ccc(C)cc3)n12.CC[C@@H]1C[C@H](OC2CCOCC2)C[C@@H]1c1nnc2cnc3[nH]ccc3n12. The predicted octanol–water partition coefficient (Wildman–Crippen LogP) is 7.17. The number of rotatable bonds is 10. The van der Waals surface area contributed by atoms with Gasteiger partial charge in [-0.3, -0.25) is 8.80 Å². The summed E-state index contributed by atoms with van der Waals surface area (Å²) in [6, 6.07) is 10.7. The monoisotopic (exact) mass is 864 g/mol. The van der Waals surface area contributed by atoms with Gasteiger partial charge in [0.15, 0.2) is 22.6 Å². The van der Waals surface area contributed by atoms with Crippen LogP contribution in [0.3, 0.4) is 0 Å². The minimum absolute atomic E-state index is 0.178. The van der Waals surface area contributed by atoms with Crippen molar-refractivity contribution in [2.24, 2.45) is 11.8 Å². The standard InChI is InChI=1S/C26H31N5O4S.C19H25N5O2/c1-3-18-14-20(35-19-9-12-34-13-10-19)15-22(18)25-29-28-24-16-27-26-23(31(24)25)8-11-30(26)36(32,33)21-6-4-17(2)5-7-21;1-2-12-9-14(26-13-4-7-25-8-5-13)10-15(12)19-23-22-17-11-21-18-16(24(17)19)3-6-20-18/h4-8,11,16,18-20,22H,3,9-10,12-15H2,1-2H3;3,6,11-15,20H,2,4-5,7-10H2,1H3/t;12-,14+,15+/m.1/s1. The van der Waals surface area contributed by atoms with E-state index in [4.69, 9.17) is 18.9 Å². The van der Waals surface area contributed by atoms with Crippen LogP contribution >= 0.6 is 0 Å². The molecular formula is C45H56N10O6S. The Morgan fingerprint density at radius 2 is 1.23 bits per heavy atom. The molecule has 17 heteroatoms. The van der Waals surface area contributed by atoms with Gasteiger partial charge in [-0.1, -0.05) is 44.4 Å². The van der Waals surface area contributed by atoms with E-state index in [0.717, 1.165) is 125 Å². The van der Waals surface area contributed by atoms with Crippen LogP contribution in [-0.4, -0.2) is 107 Å². The zero-order valence-electron chi connectivity index (χ0n) is 35.7. The maximum atomic E-state index is 13.4. The summed E-state index contributed by atoms with van der Waals surface area (Å²) in [6.07, 6.45) is 18.0. The zero-order valence-corrected chi connectivity index (χ0v) is 36.5.